The maximum atomic E-state index is 4.73. The molecule has 3 aliphatic heterocycles. The van der Waals surface area contributed by atoms with Crippen LogP contribution in [0.2, 0.25) is 0 Å². The zero-order valence-corrected chi connectivity index (χ0v) is 16.3. The van der Waals surface area contributed by atoms with Gasteiger partial charge >= 0.3 is 0 Å². The van der Waals surface area contributed by atoms with Gasteiger partial charge < -0.3 is 14.7 Å². The van der Waals surface area contributed by atoms with Crippen molar-refractivity contribution in [2.45, 2.75) is 13.0 Å². The van der Waals surface area contributed by atoms with E-state index in [1.807, 2.05) is 6.34 Å². The number of rotatable bonds is 3. The third-order valence-electron chi connectivity index (χ3n) is 5.53. The molecule has 0 spiro atoms. The van der Waals surface area contributed by atoms with Gasteiger partial charge in [-0.25, -0.2) is 4.99 Å². The summed E-state index contributed by atoms with van der Waals surface area (Å²) in [5.41, 5.74) is 4.09. The van der Waals surface area contributed by atoms with E-state index in [1.54, 1.807) is 0 Å². The Bertz CT molecular complexity index is 750. The number of likely N-dealkylation sites (N-methyl/N-ethyl adjacent to an activating group) is 1. The van der Waals surface area contributed by atoms with Crippen molar-refractivity contribution in [3.8, 4) is 12.0 Å². The molecule has 0 aliphatic carbocycles. The Morgan fingerprint density at radius 3 is 2.63 bits per heavy atom. The van der Waals surface area contributed by atoms with Gasteiger partial charge in [0.1, 0.15) is 0 Å². The number of aliphatic imine (C=N–C) groups is 1. The molecule has 3 heterocycles. The number of nitrogens with zero attached hydrogens (tertiary/aromatic N) is 5. The molecule has 0 atom stereocenters. The maximum Gasteiger partial charge on any atom is 0.0914 e. The summed E-state index contributed by atoms with van der Waals surface area (Å²) in [6.45, 7) is 9.16. The topological polar surface area (TPSA) is 25.3 Å². The fraction of sp³-hybridized carbons (Fsp3) is 0.500. The van der Waals surface area contributed by atoms with Gasteiger partial charge in [-0.1, -0.05) is 36.3 Å². The highest BCUT2D eigenvalue weighted by Gasteiger charge is 2.22. The minimum Gasteiger partial charge on any atom is -0.354 e. The van der Waals surface area contributed by atoms with Crippen molar-refractivity contribution in [2.75, 3.05) is 59.4 Å². The summed E-state index contributed by atoms with van der Waals surface area (Å²) in [4.78, 5) is 14.1. The van der Waals surface area contributed by atoms with Crippen LogP contribution >= 0.6 is 0 Å². The van der Waals surface area contributed by atoms with Gasteiger partial charge in [0, 0.05) is 70.5 Å². The molecule has 0 aromatic heterocycles. The second kappa shape index (κ2) is 8.60. The van der Waals surface area contributed by atoms with E-state index in [9.17, 15) is 0 Å². The van der Waals surface area contributed by atoms with Gasteiger partial charge in [-0.15, -0.1) is 0 Å². The zero-order valence-electron chi connectivity index (χ0n) is 16.3. The van der Waals surface area contributed by atoms with E-state index < -0.39 is 0 Å². The van der Waals surface area contributed by atoms with Crippen molar-refractivity contribution in [3.05, 3.63) is 47.2 Å². The second-order valence-electron chi connectivity index (χ2n) is 7.72. The molecule has 0 unspecified atom stereocenters. The molecule has 0 N–H and O–H groups in total. The number of hydrogen-bond donors (Lipinski definition) is 0. The van der Waals surface area contributed by atoms with Gasteiger partial charge in [0.15, 0.2) is 0 Å². The molecule has 4 rings (SSSR count). The molecule has 1 saturated heterocycles. The Kier molecular flexibility index (Phi) is 5.76. The van der Waals surface area contributed by atoms with Crippen molar-refractivity contribution in [2.24, 2.45) is 4.99 Å². The molecule has 0 saturated carbocycles. The van der Waals surface area contributed by atoms with Gasteiger partial charge in [0.25, 0.3) is 0 Å². The Labute approximate surface area is 162 Å². The third-order valence-corrected chi connectivity index (χ3v) is 5.53. The van der Waals surface area contributed by atoms with Gasteiger partial charge in [0.05, 0.1) is 12.9 Å². The van der Waals surface area contributed by atoms with Crippen LogP contribution in [0.1, 0.15) is 12.0 Å². The number of benzene rings is 1. The van der Waals surface area contributed by atoms with E-state index in [0.717, 1.165) is 65.3 Å². The quantitative estimate of drug-likeness (QED) is 0.764. The Morgan fingerprint density at radius 2 is 1.81 bits per heavy atom. The summed E-state index contributed by atoms with van der Waals surface area (Å²) in [5, 5.41) is 0. The highest BCUT2D eigenvalue weighted by atomic mass is 15.2. The molecule has 1 fully saturated rings. The number of hydrogen-bond acceptors (Lipinski definition) is 5. The molecule has 5 heteroatoms. The molecule has 5 nitrogen and oxygen atoms in total. The lowest BCUT2D eigenvalue weighted by atomic mass is 10.0. The normalized spacial score (nSPS) is 21.1. The van der Waals surface area contributed by atoms with E-state index in [4.69, 9.17) is 4.99 Å². The van der Waals surface area contributed by atoms with E-state index in [2.05, 4.69) is 68.9 Å². The summed E-state index contributed by atoms with van der Waals surface area (Å²) >= 11 is 0. The van der Waals surface area contributed by atoms with Crippen LogP contribution in [-0.2, 0) is 6.54 Å². The number of piperazine rings is 1. The fourth-order valence-electron chi connectivity index (χ4n) is 3.84. The zero-order chi connectivity index (χ0) is 18.5. The fourth-order valence-corrected chi connectivity index (χ4v) is 3.84. The van der Waals surface area contributed by atoms with Gasteiger partial charge in [-0.2, -0.15) is 0 Å². The first kappa shape index (κ1) is 18.1. The summed E-state index contributed by atoms with van der Waals surface area (Å²) in [6, 6.07) is 14.0. The van der Waals surface area contributed by atoms with Crippen LogP contribution in [0.25, 0.3) is 0 Å². The highest BCUT2D eigenvalue weighted by molar-refractivity contribution is 5.60. The van der Waals surface area contributed by atoms with Crippen LogP contribution in [0.3, 0.4) is 0 Å². The van der Waals surface area contributed by atoms with Crippen molar-refractivity contribution in [1.29, 1.82) is 0 Å². The average Bonchev–Trinajstić information content (AvgIpc) is 2.70. The van der Waals surface area contributed by atoms with Gasteiger partial charge in [-0.3, -0.25) is 4.90 Å². The smallest absolute Gasteiger partial charge is 0.0914 e. The summed E-state index contributed by atoms with van der Waals surface area (Å²) in [6.07, 6.45) is 3.07. The first-order valence-electron chi connectivity index (χ1n) is 9.94. The van der Waals surface area contributed by atoms with E-state index >= 15 is 0 Å². The van der Waals surface area contributed by atoms with Crippen molar-refractivity contribution in [3.63, 3.8) is 0 Å². The lowest BCUT2D eigenvalue weighted by molar-refractivity contribution is 0.207. The lowest BCUT2D eigenvalue weighted by Crippen LogP contribution is -2.42. The predicted octanol–water partition coefficient (Wildman–Crippen LogP) is 1.70. The standard InChI is InChI=1S/C22H29N5/c1-24-12-14-25(15-13-24)9-5-10-26-11-8-22-21(17-26)18-27(19-23-22)16-20-6-3-2-4-7-20/h2-4,6-7,19H,8,10-18H2,1H3. The van der Waals surface area contributed by atoms with Crippen LogP contribution in [-0.4, -0.2) is 85.3 Å². The van der Waals surface area contributed by atoms with Crippen LogP contribution in [0.15, 0.2) is 46.6 Å². The van der Waals surface area contributed by atoms with Crippen LogP contribution < -0.4 is 0 Å². The first-order chi connectivity index (χ1) is 13.3. The summed E-state index contributed by atoms with van der Waals surface area (Å²) in [5.74, 6) is 3.39. The summed E-state index contributed by atoms with van der Waals surface area (Å²) < 4.78 is 0. The van der Waals surface area contributed by atoms with E-state index in [-0.39, 0.29) is 0 Å². The average molecular weight is 364 g/mol. The molecular formula is C22H29N5. The molecule has 1 aromatic carbocycles. The molecule has 0 amide bonds. The molecule has 1 aromatic rings. The van der Waals surface area contributed by atoms with Crippen LogP contribution in [0, 0.1) is 12.0 Å². The maximum absolute atomic E-state index is 4.73. The van der Waals surface area contributed by atoms with Crippen molar-refractivity contribution in [1.82, 2.24) is 19.6 Å². The summed E-state index contributed by atoms with van der Waals surface area (Å²) in [7, 11) is 2.18. The third kappa shape index (κ3) is 4.91. The molecule has 27 heavy (non-hydrogen) atoms. The minimum atomic E-state index is 0.853. The monoisotopic (exact) mass is 363 g/mol. The molecule has 0 radical (unpaired) electrons. The van der Waals surface area contributed by atoms with Crippen LogP contribution in [0.4, 0.5) is 0 Å². The van der Waals surface area contributed by atoms with Gasteiger partial charge in [0.2, 0.25) is 0 Å². The Hall–Kier alpha value is -2.29. The second-order valence-corrected chi connectivity index (χ2v) is 7.72. The van der Waals surface area contributed by atoms with E-state index in [1.165, 1.54) is 16.8 Å². The van der Waals surface area contributed by atoms with Gasteiger partial charge in [-0.05, 0) is 18.2 Å². The van der Waals surface area contributed by atoms with Crippen molar-refractivity contribution >= 4 is 6.34 Å². The van der Waals surface area contributed by atoms with Crippen LogP contribution in [0.5, 0.6) is 0 Å². The minimum absolute atomic E-state index is 0.853. The lowest BCUT2D eigenvalue weighted by Gasteiger charge is -2.33. The largest absolute Gasteiger partial charge is 0.354 e. The Balaban J connectivity index is 1.29. The first-order valence-corrected chi connectivity index (χ1v) is 9.94. The molecule has 142 valence electrons. The highest BCUT2D eigenvalue weighted by Crippen LogP contribution is 2.23. The molecular weight excluding hydrogens is 334 g/mol. The Morgan fingerprint density at radius 1 is 1.00 bits per heavy atom. The molecule has 0 bridgehead atoms. The predicted molar refractivity (Wildman–Crippen MR) is 110 cm³/mol. The van der Waals surface area contributed by atoms with E-state index in [0.29, 0.717) is 0 Å². The van der Waals surface area contributed by atoms with Crippen molar-refractivity contribution < 1.29 is 0 Å². The SMILES string of the molecule is CN1CCN(C#CCN2CCC3=C(CN(Cc4ccccc4)C=N3)C2)CC1. The molecule has 3 aliphatic rings.